The molecule has 0 radical (unpaired) electrons. The van der Waals surface area contributed by atoms with Gasteiger partial charge in [0.1, 0.15) is 11.9 Å². The SMILES string of the molecule is O=C([O-])NCc1ccc2c(c1)nc(CCl)n2CCCC(F)(F)F. The minimum absolute atomic E-state index is 0.0627. The number of fused-ring (bicyclic) bond motifs is 1. The van der Waals surface area contributed by atoms with Crippen molar-refractivity contribution < 1.29 is 23.1 Å². The first-order valence-electron chi connectivity index (χ1n) is 6.86. The third-order valence-corrected chi connectivity index (χ3v) is 3.53. The first-order valence-corrected chi connectivity index (χ1v) is 7.39. The van der Waals surface area contributed by atoms with Gasteiger partial charge in [-0.05, 0) is 24.1 Å². The molecule has 5 nitrogen and oxygen atoms in total. The molecule has 126 valence electrons. The summed E-state index contributed by atoms with van der Waals surface area (Å²) in [6.07, 6.45) is -6.51. The smallest absolute Gasteiger partial charge is 0.389 e. The van der Waals surface area contributed by atoms with Gasteiger partial charge in [-0.1, -0.05) is 6.07 Å². The van der Waals surface area contributed by atoms with Crippen LogP contribution in [0, 0.1) is 0 Å². The second-order valence-corrected chi connectivity index (χ2v) is 5.26. The Morgan fingerprint density at radius 3 is 2.74 bits per heavy atom. The van der Waals surface area contributed by atoms with Crippen molar-refractivity contribution in [1.82, 2.24) is 14.9 Å². The summed E-state index contributed by atoms with van der Waals surface area (Å²) in [5, 5.41) is 12.5. The topological polar surface area (TPSA) is 70.0 Å². The molecule has 23 heavy (non-hydrogen) atoms. The second-order valence-electron chi connectivity index (χ2n) is 5.00. The maximum atomic E-state index is 12.3. The van der Waals surface area contributed by atoms with E-state index in [0.717, 1.165) is 0 Å². The van der Waals surface area contributed by atoms with E-state index in [0.29, 0.717) is 22.4 Å². The van der Waals surface area contributed by atoms with Gasteiger partial charge in [0.05, 0.1) is 16.9 Å². The van der Waals surface area contributed by atoms with Crippen LogP contribution in [0.4, 0.5) is 18.0 Å². The lowest BCUT2D eigenvalue weighted by atomic mass is 10.2. The lowest BCUT2D eigenvalue weighted by Gasteiger charge is -2.10. The van der Waals surface area contributed by atoms with Gasteiger partial charge in [-0.15, -0.1) is 11.6 Å². The van der Waals surface area contributed by atoms with Crippen LogP contribution in [-0.2, 0) is 19.0 Å². The molecule has 1 aromatic carbocycles. The zero-order valence-corrected chi connectivity index (χ0v) is 12.7. The first kappa shape index (κ1) is 17.4. The molecule has 1 N–H and O–H groups in total. The highest BCUT2D eigenvalue weighted by atomic mass is 35.5. The molecule has 0 aliphatic heterocycles. The number of carbonyl (C=O) groups is 1. The molecule has 0 aliphatic rings. The van der Waals surface area contributed by atoms with Gasteiger partial charge in [0.15, 0.2) is 0 Å². The molecule has 0 spiro atoms. The third kappa shape index (κ3) is 4.75. The number of rotatable bonds is 6. The molecule has 0 atom stereocenters. The van der Waals surface area contributed by atoms with E-state index < -0.39 is 18.7 Å². The Kier molecular flexibility index (Phi) is 5.35. The summed E-state index contributed by atoms with van der Waals surface area (Å²) < 4.78 is 38.5. The molecule has 9 heteroatoms. The Balaban J connectivity index is 2.20. The van der Waals surface area contributed by atoms with Crippen LogP contribution in [-0.4, -0.2) is 21.8 Å². The number of carboxylic acid groups (broad SMARTS) is 1. The van der Waals surface area contributed by atoms with Crippen molar-refractivity contribution in [3.63, 3.8) is 0 Å². The maximum absolute atomic E-state index is 12.3. The molecule has 1 amide bonds. The highest BCUT2D eigenvalue weighted by molar-refractivity contribution is 6.16. The molecule has 2 rings (SSSR count). The molecular weight excluding hydrogens is 335 g/mol. The number of halogens is 4. The van der Waals surface area contributed by atoms with Crippen LogP contribution in [0.15, 0.2) is 18.2 Å². The molecule has 0 saturated carbocycles. The number of carbonyl (C=O) groups excluding carboxylic acids is 1. The quantitative estimate of drug-likeness (QED) is 0.816. The minimum atomic E-state index is -4.19. The van der Waals surface area contributed by atoms with Crippen molar-refractivity contribution in [2.24, 2.45) is 0 Å². The molecule has 1 aromatic heterocycles. The Hall–Kier alpha value is -1.96. The lowest BCUT2D eigenvalue weighted by Crippen LogP contribution is -2.35. The third-order valence-electron chi connectivity index (χ3n) is 3.29. The number of alkyl halides is 4. The molecular formula is C14H14ClF3N3O2-. The Labute approximate surface area is 135 Å². The largest absolute Gasteiger partial charge is 0.530 e. The van der Waals surface area contributed by atoms with E-state index in [1.54, 1.807) is 22.8 Å². The lowest BCUT2D eigenvalue weighted by molar-refractivity contribution is -0.251. The summed E-state index contributed by atoms with van der Waals surface area (Å²) in [6, 6.07) is 5.04. The molecule has 0 fully saturated rings. The number of hydrogen-bond acceptors (Lipinski definition) is 3. The summed E-state index contributed by atoms with van der Waals surface area (Å²) in [4.78, 5) is 14.7. The van der Waals surface area contributed by atoms with Crippen molar-refractivity contribution in [2.45, 2.75) is 38.0 Å². The van der Waals surface area contributed by atoms with E-state index in [-0.39, 0.29) is 25.4 Å². The standard InChI is InChI=1S/C14H15ClF3N3O2/c15-7-12-20-10-6-9(8-19-13(22)23)2-3-11(10)21(12)5-1-4-14(16,17)18/h2-3,6,19H,1,4-5,7-8H2,(H,22,23)/p-1. The monoisotopic (exact) mass is 348 g/mol. The van der Waals surface area contributed by atoms with Gasteiger partial charge in [0, 0.05) is 19.5 Å². The average Bonchev–Trinajstić information content (AvgIpc) is 2.81. The Morgan fingerprint density at radius 1 is 1.39 bits per heavy atom. The molecule has 0 aliphatic carbocycles. The number of nitrogens with zero attached hydrogens (tertiary/aromatic N) is 2. The van der Waals surface area contributed by atoms with Gasteiger partial charge < -0.3 is 19.8 Å². The van der Waals surface area contributed by atoms with E-state index in [2.05, 4.69) is 10.3 Å². The van der Waals surface area contributed by atoms with Crippen LogP contribution >= 0.6 is 11.6 Å². The summed E-state index contributed by atoms with van der Waals surface area (Å²) in [6.45, 7) is 0.226. The molecule has 1 heterocycles. The predicted octanol–water partition coefficient (Wildman–Crippen LogP) is 2.55. The van der Waals surface area contributed by atoms with E-state index >= 15 is 0 Å². The summed E-state index contributed by atoms with van der Waals surface area (Å²) in [7, 11) is 0. The fourth-order valence-corrected chi connectivity index (χ4v) is 2.50. The maximum Gasteiger partial charge on any atom is 0.389 e. The van der Waals surface area contributed by atoms with Crippen molar-refractivity contribution >= 4 is 28.7 Å². The molecule has 0 unspecified atom stereocenters. The molecule has 0 saturated heterocycles. The molecule has 0 bridgehead atoms. The van der Waals surface area contributed by atoms with Crippen LogP contribution < -0.4 is 10.4 Å². The summed E-state index contributed by atoms with van der Waals surface area (Å²) >= 11 is 5.81. The Morgan fingerprint density at radius 2 is 2.13 bits per heavy atom. The minimum Gasteiger partial charge on any atom is -0.530 e. The number of aryl methyl sites for hydroxylation is 1. The van der Waals surface area contributed by atoms with Crippen molar-refractivity contribution in [3.05, 3.63) is 29.6 Å². The normalized spacial score (nSPS) is 11.8. The number of imidazole rings is 1. The first-order chi connectivity index (χ1) is 10.8. The van der Waals surface area contributed by atoms with Gasteiger partial charge in [-0.25, -0.2) is 4.98 Å². The van der Waals surface area contributed by atoms with Crippen molar-refractivity contribution in [2.75, 3.05) is 0 Å². The van der Waals surface area contributed by atoms with E-state index in [1.807, 2.05) is 0 Å². The predicted molar refractivity (Wildman–Crippen MR) is 76.8 cm³/mol. The van der Waals surface area contributed by atoms with Crippen LogP contribution in [0.5, 0.6) is 0 Å². The van der Waals surface area contributed by atoms with Crippen molar-refractivity contribution in [1.29, 1.82) is 0 Å². The zero-order chi connectivity index (χ0) is 17.0. The number of aromatic nitrogens is 2. The van der Waals surface area contributed by atoms with Gasteiger partial charge >= 0.3 is 6.18 Å². The van der Waals surface area contributed by atoms with E-state index in [4.69, 9.17) is 11.6 Å². The number of amides is 1. The van der Waals surface area contributed by atoms with Gasteiger partial charge in [-0.3, -0.25) is 0 Å². The zero-order valence-electron chi connectivity index (χ0n) is 12.0. The summed E-state index contributed by atoms with van der Waals surface area (Å²) in [5.41, 5.74) is 1.90. The highest BCUT2D eigenvalue weighted by Crippen LogP contribution is 2.24. The van der Waals surface area contributed by atoms with E-state index in [9.17, 15) is 23.1 Å². The van der Waals surface area contributed by atoms with Gasteiger partial charge in [-0.2, -0.15) is 13.2 Å². The number of nitrogens with one attached hydrogen (secondary N) is 1. The van der Waals surface area contributed by atoms with Gasteiger partial charge in [0.2, 0.25) is 0 Å². The van der Waals surface area contributed by atoms with Crippen LogP contribution in [0.25, 0.3) is 11.0 Å². The average molecular weight is 349 g/mol. The Bertz CT molecular complexity index is 700. The van der Waals surface area contributed by atoms with Gasteiger partial charge in [0.25, 0.3) is 0 Å². The fraction of sp³-hybridized carbons (Fsp3) is 0.429. The van der Waals surface area contributed by atoms with Crippen LogP contribution in [0.1, 0.15) is 24.2 Å². The fourth-order valence-electron chi connectivity index (χ4n) is 2.30. The molecule has 2 aromatic rings. The van der Waals surface area contributed by atoms with Crippen LogP contribution in [0.2, 0.25) is 0 Å². The second kappa shape index (κ2) is 7.08. The number of benzene rings is 1. The van der Waals surface area contributed by atoms with Crippen LogP contribution in [0.3, 0.4) is 0 Å². The number of hydrogen-bond donors (Lipinski definition) is 1. The highest BCUT2D eigenvalue weighted by Gasteiger charge is 2.26. The summed E-state index contributed by atoms with van der Waals surface area (Å²) in [5.74, 6) is 0.557. The van der Waals surface area contributed by atoms with E-state index in [1.165, 1.54) is 0 Å². The van der Waals surface area contributed by atoms with Crippen molar-refractivity contribution in [3.8, 4) is 0 Å².